The molecule has 51 heavy (non-hydrogen) atoms. The topological polar surface area (TPSA) is 222 Å². The van der Waals surface area contributed by atoms with Gasteiger partial charge in [-0.15, -0.1) is 33.7 Å². The molecule has 2 saturated heterocycles. The number of thioether (sulfide) groups is 2. The number of β-lactam (4-membered cyclic amide) rings is 2. The van der Waals surface area contributed by atoms with E-state index in [0.717, 1.165) is 13.1 Å². The molecule has 260 valence electrons. The number of aliphatic carboxylic acids is 2. The fraction of sp³-hybridized carbons (Fsp3) is 0.188. The lowest BCUT2D eigenvalue weighted by molar-refractivity contribution is -0.698. The summed E-state index contributed by atoms with van der Waals surface area (Å²) in [6.45, 7) is 2.81. The number of rotatable bonds is 10. The third-order valence-electron chi connectivity index (χ3n) is 7.94. The molecule has 4 aliphatic heterocycles. The van der Waals surface area contributed by atoms with E-state index in [9.17, 15) is 29.4 Å². The van der Waals surface area contributed by atoms with Crippen LogP contribution in [0.25, 0.3) is 12.2 Å². The minimum Gasteiger partial charge on any atom is -0.543 e. The predicted octanol–water partition coefficient (Wildman–Crippen LogP) is -2.51. The van der Waals surface area contributed by atoms with E-state index in [1.165, 1.54) is 44.1 Å². The van der Waals surface area contributed by atoms with E-state index >= 15 is 0 Å². The maximum atomic E-state index is 12.1. The Kier molecular flexibility index (Phi) is 10.2. The number of hydrogen-bond donors (Lipinski definition) is 0. The van der Waals surface area contributed by atoms with Crippen molar-refractivity contribution in [3.05, 3.63) is 118 Å². The molecule has 8 rings (SSSR count). The Labute approximate surface area is 297 Å². The average molecular weight is 729 g/mol. The molecule has 0 aliphatic carbocycles. The molecule has 0 aromatic carbocycles. The molecule has 4 aromatic rings. The molecule has 0 radical (unpaired) electrons. The third-order valence-corrected chi connectivity index (χ3v) is 10.1. The molecule has 2 atom stereocenters. The number of carboxylic acid groups (broad SMARTS) is 2. The van der Waals surface area contributed by atoms with Crippen LogP contribution in [0.3, 0.4) is 0 Å². The number of nitrogens with zero attached hydrogens (tertiary/aromatic N) is 10. The van der Waals surface area contributed by atoms with Crippen molar-refractivity contribution in [2.45, 2.75) is 36.9 Å². The summed E-state index contributed by atoms with van der Waals surface area (Å²) in [5, 5.41) is 40.4. The quantitative estimate of drug-likeness (QED) is 0.0939. The molecule has 0 bridgehead atoms. The van der Waals surface area contributed by atoms with Crippen LogP contribution in [0.1, 0.15) is 11.4 Å². The van der Waals surface area contributed by atoms with Crippen molar-refractivity contribution in [2.75, 3.05) is 0 Å². The van der Waals surface area contributed by atoms with Crippen molar-refractivity contribution in [1.82, 2.24) is 39.8 Å². The number of hydrogen-bond acceptors (Lipinski definition) is 12. The maximum Gasteiger partial charge on any atom is 0.258 e. The van der Waals surface area contributed by atoms with Crippen LogP contribution in [0.5, 0.6) is 0 Å². The zero-order valence-electron chi connectivity index (χ0n) is 26.5. The van der Waals surface area contributed by atoms with Crippen LogP contribution < -0.4 is 19.3 Å². The second-order valence-corrected chi connectivity index (χ2v) is 13.1. The second kappa shape index (κ2) is 14.9. The Morgan fingerprint density at radius 3 is 1.45 bits per heavy atom. The molecule has 2 N–H and O–H groups in total. The van der Waals surface area contributed by atoms with Crippen LogP contribution in [0.2, 0.25) is 0 Å². The maximum absolute atomic E-state index is 12.1. The molecule has 2 amide bonds. The van der Waals surface area contributed by atoms with Gasteiger partial charge in [0.2, 0.25) is 0 Å². The summed E-state index contributed by atoms with van der Waals surface area (Å²) in [6.07, 6.45) is 14.7. The van der Waals surface area contributed by atoms with Gasteiger partial charge in [0.15, 0.2) is 37.9 Å². The van der Waals surface area contributed by atoms with Gasteiger partial charge in [0.25, 0.3) is 11.8 Å². The van der Waals surface area contributed by atoms with Crippen molar-refractivity contribution in [3.63, 3.8) is 0 Å². The molecule has 0 spiro atoms. The zero-order valence-corrected chi connectivity index (χ0v) is 28.1. The lowest BCUT2D eigenvalue weighted by atomic mass is 10.0. The lowest BCUT2D eigenvalue weighted by Crippen LogP contribution is -2.52. The van der Waals surface area contributed by atoms with E-state index in [1.807, 2.05) is 70.3 Å². The summed E-state index contributed by atoms with van der Waals surface area (Å²) >= 11 is 2.54. The van der Waals surface area contributed by atoms with Gasteiger partial charge in [-0.1, -0.05) is 22.6 Å². The summed E-state index contributed by atoms with van der Waals surface area (Å²) in [6, 6.07) is 11.7. The van der Waals surface area contributed by atoms with Crippen molar-refractivity contribution < 1.29 is 44.0 Å². The van der Waals surface area contributed by atoms with Crippen LogP contribution in [0.4, 0.5) is 0 Å². The fourth-order valence-electron chi connectivity index (χ4n) is 5.42. The van der Waals surface area contributed by atoms with Crippen LogP contribution in [0.15, 0.2) is 107 Å². The monoisotopic (exact) mass is 728 g/mol. The lowest BCUT2D eigenvalue weighted by Gasteiger charge is -2.38. The van der Waals surface area contributed by atoms with Crippen molar-refractivity contribution in [2.24, 2.45) is 0 Å². The van der Waals surface area contributed by atoms with Gasteiger partial charge in [0.05, 0.1) is 46.9 Å². The van der Waals surface area contributed by atoms with Crippen LogP contribution in [0, 0.1) is 0 Å². The first-order chi connectivity index (χ1) is 24.3. The highest BCUT2D eigenvalue weighted by Gasteiger charge is 2.48. The summed E-state index contributed by atoms with van der Waals surface area (Å²) in [5.41, 5.74) is 2.01. The first-order valence-corrected chi connectivity index (χ1v) is 17.1. The number of carbonyl (C=O) groups is 4. The Hall–Kier alpha value is -5.92. The van der Waals surface area contributed by atoms with E-state index < -0.39 is 11.9 Å². The highest BCUT2D eigenvalue weighted by Crippen LogP contribution is 2.45. The number of aryl methyl sites for hydroxylation is 4. The normalized spacial score (nSPS) is 20.0. The van der Waals surface area contributed by atoms with Gasteiger partial charge < -0.3 is 25.3 Å². The van der Waals surface area contributed by atoms with E-state index in [2.05, 4.69) is 20.6 Å². The molecule has 0 saturated carbocycles. The molecule has 17 nitrogen and oxygen atoms in total. The van der Waals surface area contributed by atoms with Gasteiger partial charge in [-0.25, -0.2) is 18.5 Å². The Bertz CT molecular complexity index is 1960. The molecule has 8 heterocycles. The van der Waals surface area contributed by atoms with Gasteiger partial charge in [-0.3, -0.25) is 19.4 Å². The SMILES string of the molecule is O.O=C([O-])C1=CS[C@@H]2/C(=C\c3cn(CC[n+]4ccccc4)nn3)C(=O)N12.O=C([O-])C1=CS[C@@H]2/C(=C\c3cn(CC[n+]4ccccc4)nn3)C(=O)N12. The molecule has 4 aromatic heterocycles. The van der Waals surface area contributed by atoms with Crippen LogP contribution in [-0.2, 0) is 45.4 Å². The largest absolute Gasteiger partial charge is 0.543 e. The number of carbonyl (C=O) groups excluding carboxylic acids is 4. The van der Waals surface area contributed by atoms with Gasteiger partial charge in [0.1, 0.15) is 35.2 Å². The summed E-state index contributed by atoms with van der Waals surface area (Å²) in [7, 11) is 0. The highest BCUT2D eigenvalue weighted by atomic mass is 32.2. The summed E-state index contributed by atoms with van der Waals surface area (Å²) < 4.78 is 7.49. The van der Waals surface area contributed by atoms with E-state index in [1.54, 1.807) is 33.9 Å². The van der Waals surface area contributed by atoms with E-state index in [-0.39, 0.29) is 39.4 Å². The summed E-state index contributed by atoms with van der Waals surface area (Å²) in [5.74, 6) is -3.35. The van der Waals surface area contributed by atoms with Gasteiger partial charge >= 0.3 is 0 Å². The molecular formula is C32H28N10O7S2. The fourth-order valence-corrected chi connectivity index (χ4v) is 7.65. The third kappa shape index (κ3) is 7.21. The standard InChI is InChI=1S/2C16H13N5O3S.H2O/c2*22-14-12(15-21(14)13(10-25-15)16(23)24)8-11-9-20(18-17-11)7-6-19-4-2-1-3-5-19;/h2*1-5,8-10,15H,6-7H2;1H2/b2*12-8-;/t2*15-;/m11./s1. The molecule has 19 heteroatoms. The second-order valence-electron chi connectivity index (χ2n) is 11.1. The molecule has 2 fully saturated rings. The van der Waals surface area contributed by atoms with E-state index in [4.69, 9.17) is 0 Å². The average Bonchev–Trinajstić information content (AvgIpc) is 3.94. The first-order valence-electron chi connectivity index (χ1n) is 15.2. The van der Waals surface area contributed by atoms with Crippen molar-refractivity contribution in [3.8, 4) is 0 Å². The number of pyridine rings is 2. The number of amides is 2. The minimum absolute atomic E-state index is 0. The number of carboxylic acids is 2. The molecular weight excluding hydrogens is 701 g/mol. The Balaban J connectivity index is 0.000000172. The summed E-state index contributed by atoms with van der Waals surface area (Å²) in [4.78, 5) is 48.6. The zero-order chi connectivity index (χ0) is 34.8. The van der Waals surface area contributed by atoms with Crippen LogP contribution in [-0.4, -0.2) is 79.8 Å². The van der Waals surface area contributed by atoms with E-state index in [0.29, 0.717) is 35.6 Å². The number of aromatic nitrogens is 8. The highest BCUT2D eigenvalue weighted by molar-refractivity contribution is 8.03. The molecule has 4 aliphatic rings. The first kappa shape index (κ1) is 34.9. The van der Waals surface area contributed by atoms with Gasteiger partial charge in [0, 0.05) is 24.3 Å². The van der Waals surface area contributed by atoms with Gasteiger partial charge in [-0.2, -0.15) is 0 Å². The van der Waals surface area contributed by atoms with Crippen LogP contribution >= 0.6 is 23.5 Å². The smallest absolute Gasteiger partial charge is 0.258 e. The minimum atomic E-state index is -1.34. The van der Waals surface area contributed by atoms with Crippen molar-refractivity contribution in [1.29, 1.82) is 0 Å². The predicted molar refractivity (Wildman–Crippen MR) is 176 cm³/mol. The Morgan fingerprint density at radius 1 is 0.686 bits per heavy atom. The molecule has 0 unspecified atom stereocenters. The Morgan fingerprint density at radius 2 is 1.08 bits per heavy atom. The number of fused-ring (bicyclic) bond motifs is 2. The van der Waals surface area contributed by atoms with Crippen molar-refractivity contribution >= 4 is 59.4 Å². The van der Waals surface area contributed by atoms with Gasteiger partial charge in [-0.05, 0) is 23.0 Å².